The number of urea groups is 1. The second kappa shape index (κ2) is 6.47. The molecule has 3 rings (SSSR count). The van der Waals surface area contributed by atoms with E-state index in [4.69, 9.17) is 0 Å². The van der Waals surface area contributed by atoms with E-state index in [1.54, 1.807) is 11.9 Å². The SMILES string of the molecule is CN1C(=O)N(CC(=O)NCC2CCCN2)C(=O)C12CCCCC2. The number of carbonyl (C=O) groups excluding carboxylic acids is 3. The zero-order valence-electron chi connectivity index (χ0n) is 13.8. The highest BCUT2D eigenvalue weighted by Crippen LogP contribution is 2.39. The Morgan fingerprint density at radius 2 is 2.00 bits per heavy atom. The van der Waals surface area contributed by atoms with Crippen LogP contribution in [0.1, 0.15) is 44.9 Å². The fraction of sp³-hybridized carbons (Fsp3) is 0.812. The van der Waals surface area contributed by atoms with Gasteiger partial charge in [-0.2, -0.15) is 0 Å². The van der Waals surface area contributed by atoms with E-state index in [1.807, 2.05) is 0 Å². The van der Waals surface area contributed by atoms with Gasteiger partial charge in [0.25, 0.3) is 5.91 Å². The Labute approximate surface area is 136 Å². The van der Waals surface area contributed by atoms with Crippen LogP contribution >= 0.6 is 0 Å². The van der Waals surface area contributed by atoms with Gasteiger partial charge >= 0.3 is 6.03 Å². The Balaban J connectivity index is 1.59. The molecule has 0 aromatic heterocycles. The fourth-order valence-electron chi connectivity index (χ4n) is 4.04. The van der Waals surface area contributed by atoms with Gasteiger partial charge in [-0.3, -0.25) is 14.5 Å². The van der Waals surface area contributed by atoms with E-state index in [0.717, 1.165) is 43.5 Å². The zero-order chi connectivity index (χ0) is 16.4. The average molecular weight is 322 g/mol. The van der Waals surface area contributed by atoms with Crippen molar-refractivity contribution < 1.29 is 14.4 Å². The number of amides is 4. The maximum absolute atomic E-state index is 12.8. The van der Waals surface area contributed by atoms with Gasteiger partial charge in [-0.1, -0.05) is 19.3 Å². The van der Waals surface area contributed by atoms with Crippen molar-refractivity contribution in [2.45, 2.75) is 56.5 Å². The van der Waals surface area contributed by atoms with E-state index in [-0.39, 0.29) is 24.4 Å². The molecule has 0 bridgehead atoms. The van der Waals surface area contributed by atoms with Gasteiger partial charge in [0.15, 0.2) is 0 Å². The largest absolute Gasteiger partial charge is 0.353 e. The summed E-state index contributed by atoms with van der Waals surface area (Å²) in [5.74, 6) is -0.458. The fourth-order valence-corrected chi connectivity index (χ4v) is 4.04. The summed E-state index contributed by atoms with van der Waals surface area (Å²) >= 11 is 0. The monoisotopic (exact) mass is 322 g/mol. The molecular weight excluding hydrogens is 296 g/mol. The predicted octanol–water partition coefficient (Wildman–Crippen LogP) is 0.452. The molecule has 2 N–H and O–H groups in total. The third-order valence-electron chi connectivity index (χ3n) is 5.49. The van der Waals surface area contributed by atoms with E-state index < -0.39 is 5.54 Å². The highest BCUT2D eigenvalue weighted by molar-refractivity contribution is 6.08. The van der Waals surface area contributed by atoms with Crippen LogP contribution in [0, 0.1) is 0 Å². The molecule has 2 heterocycles. The number of carbonyl (C=O) groups is 3. The standard InChI is InChI=1S/C16H26N4O3/c1-19-15(23)20(14(22)16(19)7-3-2-4-8-16)11-13(21)18-10-12-6-5-9-17-12/h12,17H,2-11H2,1H3,(H,18,21). The second-order valence-corrected chi connectivity index (χ2v) is 6.92. The van der Waals surface area contributed by atoms with Gasteiger partial charge in [0.1, 0.15) is 12.1 Å². The molecule has 2 saturated heterocycles. The molecule has 7 nitrogen and oxygen atoms in total. The molecular formula is C16H26N4O3. The summed E-state index contributed by atoms with van der Waals surface area (Å²) in [6.07, 6.45) is 6.60. The molecule has 3 aliphatic rings. The first-order valence-electron chi connectivity index (χ1n) is 8.64. The molecule has 0 radical (unpaired) electrons. The molecule has 1 saturated carbocycles. The smallest absolute Gasteiger partial charge is 0.327 e. The summed E-state index contributed by atoms with van der Waals surface area (Å²) in [4.78, 5) is 40.0. The summed E-state index contributed by atoms with van der Waals surface area (Å²) in [6.45, 7) is 1.36. The average Bonchev–Trinajstić information content (AvgIpc) is 3.14. The van der Waals surface area contributed by atoms with Crippen LogP contribution in [0.4, 0.5) is 4.79 Å². The molecule has 4 amide bonds. The van der Waals surface area contributed by atoms with Crippen molar-refractivity contribution in [3.8, 4) is 0 Å². The molecule has 1 atom stereocenters. The summed E-state index contributed by atoms with van der Waals surface area (Å²) < 4.78 is 0. The van der Waals surface area contributed by atoms with Gasteiger partial charge in [-0.25, -0.2) is 4.79 Å². The number of nitrogens with one attached hydrogen (secondary N) is 2. The highest BCUT2D eigenvalue weighted by Gasteiger charge is 2.55. The quantitative estimate of drug-likeness (QED) is 0.737. The Hall–Kier alpha value is -1.63. The molecule has 0 aromatic carbocycles. The molecule has 7 heteroatoms. The minimum atomic E-state index is -0.706. The van der Waals surface area contributed by atoms with Crippen LogP contribution in [0.5, 0.6) is 0 Å². The van der Waals surface area contributed by atoms with Crippen LogP contribution in [-0.2, 0) is 9.59 Å². The summed E-state index contributed by atoms with van der Waals surface area (Å²) in [5, 5.41) is 6.14. The van der Waals surface area contributed by atoms with Crippen molar-refractivity contribution in [2.24, 2.45) is 0 Å². The van der Waals surface area contributed by atoms with E-state index in [1.165, 1.54) is 0 Å². The van der Waals surface area contributed by atoms with E-state index >= 15 is 0 Å². The van der Waals surface area contributed by atoms with Gasteiger partial charge < -0.3 is 15.5 Å². The number of hydrogen-bond donors (Lipinski definition) is 2. The Morgan fingerprint density at radius 3 is 2.65 bits per heavy atom. The lowest BCUT2D eigenvalue weighted by molar-refractivity contribution is -0.137. The van der Waals surface area contributed by atoms with Gasteiger partial charge in [0.05, 0.1) is 0 Å². The number of hydrogen-bond acceptors (Lipinski definition) is 4. The van der Waals surface area contributed by atoms with Crippen molar-refractivity contribution in [2.75, 3.05) is 26.7 Å². The molecule has 3 fully saturated rings. The van der Waals surface area contributed by atoms with Crippen LogP contribution in [-0.4, -0.2) is 65.9 Å². The Bertz CT molecular complexity index is 496. The van der Waals surface area contributed by atoms with Crippen molar-refractivity contribution in [1.82, 2.24) is 20.4 Å². The number of imide groups is 1. The van der Waals surface area contributed by atoms with Crippen molar-refractivity contribution in [3.63, 3.8) is 0 Å². The number of likely N-dealkylation sites (N-methyl/N-ethyl adjacent to an activating group) is 1. The Kier molecular flexibility index (Phi) is 4.57. The minimum absolute atomic E-state index is 0.170. The molecule has 1 spiro atoms. The summed E-state index contributed by atoms with van der Waals surface area (Å²) in [7, 11) is 1.69. The summed E-state index contributed by atoms with van der Waals surface area (Å²) in [5.41, 5.74) is -0.706. The van der Waals surface area contributed by atoms with Crippen LogP contribution < -0.4 is 10.6 Å². The zero-order valence-corrected chi connectivity index (χ0v) is 13.8. The van der Waals surface area contributed by atoms with Crippen molar-refractivity contribution >= 4 is 17.8 Å². The van der Waals surface area contributed by atoms with E-state index in [9.17, 15) is 14.4 Å². The third-order valence-corrected chi connectivity index (χ3v) is 5.49. The first-order chi connectivity index (χ1) is 11.0. The predicted molar refractivity (Wildman–Crippen MR) is 84.7 cm³/mol. The second-order valence-electron chi connectivity index (χ2n) is 6.92. The molecule has 0 aromatic rings. The molecule has 2 aliphatic heterocycles. The van der Waals surface area contributed by atoms with Crippen molar-refractivity contribution in [3.05, 3.63) is 0 Å². The van der Waals surface area contributed by atoms with Gasteiger partial charge in [0.2, 0.25) is 5.91 Å². The number of rotatable bonds is 4. The molecule has 128 valence electrons. The third kappa shape index (κ3) is 2.94. The van der Waals surface area contributed by atoms with Crippen LogP contribution in [0.3, 0.4) is 0 Å². The van der Waals surface area contributed by atoms with Crippen LogP contribution in [0.25, 0.3) is 0 Å². The first kappa shape index (κ1) is 16.2. The molecule has 1 aliphatic carbocycles. The van der Waals surface area contributed by atoms with Gasteiger partial charge in [0, 0.05) is 19.6 Å². The van der Waals surface area contributed by atoms with E-state index in [0.29, 0.717) is 25.4 Å². The van der Waals surface area contributed by atoms with Crippen LogP contribution in [0.15, 0.2) is 0 Å². The summed E-state index contributed by atoms with van der Waals surface area (Å²) in [6, 6.07) is -0.0395. The molecule has 23 heavy (non-hydrogen) atoms. The van der Waals surface area contributed by atoms with Gasteiger partial charge in [-0.15, -0.1) is 0 Å². The highest BCUT2D eigenvalue weighted by atomic mass is 16.2. The van der Waals surface area contributed by atoms with Crippen molar-refractivity contribution in [1.29, 1.82) is 0 Å². The lowest BCUT2D eigenvalue weighted by Crippen LogP contribution is -2.49. The minimum Gasteiger partial charge on any atom is -0.353 e. The van der Waals surface area contributed by atoms with E-state index in [2.05, 4.69) is 10.6 Å². The normalized spacial score (nSPS) is 27.1. The first-order valence-corrected chi connectivity index (χ1v) is 8.64. The lowest BCUT2D eigenvalue weighted by atomic mass is 9.81. The maximum atomic E-state index is 12.8. The number of nitrogens with zero attached hydrogens (tertiary/aromatic N) is 2. The Morgan fingerprint density at radius 1 is 1.26 bits per heavy atom. The van der Waals surface area contributed by atoms with Crippen LogP contribution in [0.2, 0.25) is 0 Å². The molecule has 1 unspecified atom stereocenters. The maximum Gasteiger partial charge on any atom is 0.327 e. The van der Waals surface area contributed by atoms with Gasteiger partial charge in [-0.05, 0) is 32.2 Å². The lowest BCUT2D eigenvalue weighted by Gasteiger charge is -2.35. The topological polar surface area (TPSA) is 81.8 Å².